The molecular weight excluding hydrogens is 400 g/mol. The predicted molar refractivity (Wildman–Crippen MR) is 117 cm³/mol. The summed E-state index contributed by atoms with van der Waals surface area (Å²) in [5.74, 6) is 0.215. The van der Waals surface area contributed by atoms with E-state index in [4.69, 9.17) is 11.6 Å². The molecule has 0 unspecified atom stereocenters. The molecule has 0 saturated carbocycles. The Labute approximate surface area is 180 Å². The van der Waals surface area contributed by atoms with Crippen LogP contribution in [-0.4, -0.2) is 27.1 Å². The van der Waals surface area contributed by atoms with Gasteiger partial charge in [0.05, 0.1) is 18.4 Å². The average molecular weight is 423 g/mol. The molecule has 1 saturated heterocycles. The van der Waals surface area contributed by atoms with E-state index in [0.717, 1.165) is 29.7 Å². The summed E-state index contributed by atoms with van der Waals surface area (Å²) in [6.45, 7) is 2.33. The van der Waals surface area contributed by atoms with Gasteiger partial charge >= 0.3 is 0 Å². The monoisotopic (exact) mass is 422 g/mol. The molecular formula is C23H23ClN4O2. The van der Waals surface area contributed by atoms with E-state index in [0.29, 0.717) is 31.7 Å². The van der Waals surface area contributed by atoms with Crippen LogP contribution in [0.15, 0.2) is 65.6 Å². The van der Waals surface area contributed by atoms with E-state index >= 15 is 0 Å². The summed E-state index contributed by atoms with van der Waals surface area (Å²) in [7, 11) is 0. The highest BCUT2D eigenvalue weighted by Crippen LogP contribution is 2.19. The number of aromatic nitrogens is 2. The van der Waals surface area contributed by atoms with Crippen LogP contribution >= 0.6 is 11.6 Å². The number of hydrogen-bond acceptors (Lipinski definition) is 4. The number of hydrogen-bond donors (Lipinski definition) is 1. The Bertz CT molecular complexity index is 1100. The normalized spacial score (nSPS) is 13.6. The highest BCUT2D eigenvalue weighted by Gasteiger charge is 2.20. The molecule has 0 radical (unpaired) electrons. The summed E-state index contributed by atoms with van der Waals surface area (Å²) in [5, 5.41) is 7.58. The van der Waals surface area contributed by atoms with Gasteiger partial charge in [-0.05, 0) is 23.1 Å². The molecule has 0 bridgehead atoms. The summed E-state index contributed by atoms with van der Waals surface area (Å²) in [4.78, 5) is 26.3. The number of carbonyl (C=O) groups excluding carboxylic acids is 1. The fourth-order valence-corrected chi connectivity index (χ4v) is 3.80. The van der Waals surface area contributed by atoms with Crippen LogP contribution in [0.5, 0.6) is 0 Å². The number of nitrogens with one attached hydrogen (secondary N) is 1. The molecule has 2 heterocycles. The maximum Gasteiger partial charge on any atom is 0.287 e. The van der Waals surface area contributed by atoms with Crippen molar-refractivity contribution < 1.29 is 4.79 Å². The van der Waals surface area contributed by atoms with Crippen molar-refractivity contribution >= 4 is 23.2 Å². The van der Waals surface area contributed by atoms with Gasteiger partial charge < -0.3 is 10.2 Å². The van der Waals surface area contributed by atoms with Crippen molar-refractivity contribution in [2.75, 3.05) is 11.9 Å². The van der Waals surface area contributed by atoms with Gasteiger partial charge in [0.25, 0.3) is 5.56 Å². The van der Waals surface area contributed by atoms with Gasteiger partial charge in [-0.3, -0.25) is 9.59 Å². The Morgan fingerprint density at radius 2 is 1.73 bits per heavy atom. The molecule has 0 aliphatic carbocycles. The molecule has 2 aromatic carbocycles. The molecule has 1 aliphatic rings. The molecule has 3 aromatic rings. The van der Waals surface area contributed by atoms with Crippen molar-refractivity contribution in [1.29, 1.82) is 0 Å². The topological polar surface area (TPSA) is 67.2 Å². The summed E-state index contributed by atoms with van der Waals surface area (Å²) in [6, 6.07) is 17.7. The Balaban J connectivity index is 1.42. The molecule has 154 valence electrons. The molecule has 1 fully saturated rings. The van der Waals surface area contributed by atoms with Crippen LogP contribution in [0, 0.1) is 0 Å². The summed E-state index contributed by atoms with van der Waals surface area (Å²) >= 11 is 6.31. The molecule has 6 nitrogen and oxygen atoms in total. The molecule has 7 heteroatoms. The van der Waals surface area contributed by atoms with Crippen molar-refractivity contribution in [3.63, 3.8) is 0 Å². The fourth-order valence-electron chi connectivity index (χ4n) is 3.58. The van der Waals surface area contributed by atoms with Gasteiger partial charge in [0, 0.05) is 26.1 Å². The van der Waals surface area contributed by atoms with Crippen LogP contribution in [0.4, 0.5) is 5.69 Å². The third-order valence-corrected chi connectivity index (χ3v) is 5.54. The Kier molecular flexibility index (Phi) is 6.14. The molecule has 30 heavy (non-hydrogen) atoms. The second-order valence-corrected chi connectivity index (χ2v) is 7.79. The van der Waals surface area contributed by atoms with Gasteiger partial charge in [0.2, 0.25) is 5.91 Å². The number of carbonyl (C=O) groups is 1. The second kappa shape index (κ2) is 9.13. The first-order valence-electron chi connectivity index (χ1n) is 9.99. The zero-order chi connectivity index (χ0) is 20.9. The first-order valence-corrected chi connectivity index (χ1v) is 10.4. The molecule has 0 spiro atoms. The number of halogens is 1. The van der Waals surface area contributed by atoms with E-state index in [9.17, 15) is 9.59 Å². The van der Waals surface area contributed by atoms with Crippen LogP contribution in [0.3, 0.4) is 0 Å². The number of nitrogens with zero attached hydrogens (tertiary/aromatic N) is 3. The minimum Gasteiger partial charge on any atom is -0.378 e. The van der Waals surface area contributed by atoms with Gasteiger partial charge in [0.1, 0.15) is 5.02 Å². The zero-order valence-electron chi connectivity index (χ0n) is 16.6. The quantitative estimate of drug-likeness (QED) is 0.630. The van der Waals surface area contributed by atoms with E-state index in [1.807, 2.05) is 53.4 Å². The highest BCUT2D eigenvalue weighted by atomic mass is 35.5. The third-order valence-electron chi connectivity index (χ3n) is 5.18. The molecule has 1 N–H and O–H groups in total. The lowest BCUT2D eigenvalue weighted by Gasteiger charge is -2.16. The number of anilines is 1. The maximum absolute atomic E-state index is 12.6. The fraction of sp³-hybridized carbons (Fsp3) is 0.261. The number of benzene rings is 2. The molecule has 4 rings (SSSR count). The number of amides is 1. The number of likely N-dealkylation sites (tertiary alicyclic amines) is 1. The highest BCUT2D eigenvalue weighted by molar-refractivity contribution is 6.32. The van der Waals surface area contributed by atoms with Crippen molar-refractivity contribution in [2.45, 2.75) is 32.5 Å². The maximum atomic E-state index is 12.6. The van der Waals surface area contributed by atoms with Gasteiger partial charge in [-0.1, -0.05) is 66.2 Å². The summed E-state index contributed by atoms with van der Waals surface area (Å²) in [5.41, 5.74) is 3.30. The predicted octanol–water partition coefficient (Wildman–Crippen LogP) is 3.68. The number of rotatable bonds is 7. The third kappa shape index (κ3) is 4.71. The van der Waals surface area contributed by atoms with E-state index in [2.05, 4.69) is 16.5 Å². The van der Waals surface area contributed by atoms with Crippen molar-refractivity contribution in [2.24, 2.45) is 0 Å². The Hall–Kier alpha value is -3.12. The van der Waals surface area contributed by atoms with Gasteiger partial charge in [-0.15, -0.1) is 0 Å². The Morgan fingerprint density at radius 3 is 2.50 bits per heavy atom. The second-order valence-electron chi connectivity index (χ2n) is 7.41. The van der Waals surface area contributed by atoms with E-state index in [-0.39, 0.29) is 16.5 Å². The van der Waals surface area contributed by atoms with Crippen LogP contribution in [-0.2, 0) is 24.4 Å². The van der Waals surface area contributed by atoms with Crippen molar-refractivity contribution in [3.05, 3.63) is 92.9 Å². The lowest BCUT2D eigenvalue weighted by atomic mass is 10.1. The van der Waals surface area contributed by atoms with Crippen molar-refractivity contribution in [3.8, 4) is 0 Å². The minimum atomic E-state index is -0.327. The summed E-state index contributed by atoms with van der Waals surface area (Å²) < 4.78 is 1.36. The first-order chi connectivity index (χ1) is 14.6. The van der Waals surface area contributed by atoms with Gasteiger partial charge in [-0.25, -0.2) is 4.68 Å². The lowest BCUT2D eigenvalue weighted by Crippen LogP contribution is -2.25. The van der Waals surface area contributed by atoms with Gasteiger partial charge in [-0.2, -0.15) is 5.10 Å². The van der Waals surface area contributed by atoms with E-state index in [1.54, 1.807) is 6.20 Å². The largest absolute Gasteiger partial charge is 0.378 e. The standard InChI is InChI=1S/C23H23ClN4O2/c24-22-20(14-26-28(23(22)30)16-17-6-2-1-3-7-17)25-13-18-8-4-9-19(12-18)15-27-11-5-10-21(27)29/h1-4,6-9,12,14,25H,5,10-11,13,15-16H2. The van der Waals surface area contributed by atoms with Crippen LogP contribution < -0.4 is 10.9 Å². The van der Waals surface area contributed by atoms with Crippen LogP contribution in [0.1, 0.15) is 29.5 Å². The minimum absolute atomic E-state index is 0.125. The SMILES string of the molecule is O=C1CCCN1Cc1cccc(CNc2cnn(Cc3ccccc3)c(=O)c2Cl)c1. The smallest absolute Gasteiger partial charge is 0.287 e. The molecule has 1 aromatic heterocycles. The average Bonchev–Trinajstić information content (AvgIpc) is 3.16. The molecule has 1 aliphatic heterocycles. The molecule has 1 amide bonds. The van der Waals surface area contributed by atoms with Crippen LogP contribution in [0.25, 0.3) is 0 Å². The first kappa shape index (κ1) is 20.2. The zero-order valence-corrected chi connectivity index (χ0v) is 17.3. The summed E-state index contributed by atoms with van der Waals surface area (Å²) in [6.07, 6.45) is 3.16. The van der Waals surface area contributed by atoms with Crippen molar-refractivity contribution in [1.82, 2.24) is 14.7 Å². The van der Waals surface area contributed by atoms with Crippen LogP contribution in [0.2, 0.25) is 5.02 Å². The Morgan fingerprint density at radius 1 is 0.967 bits per heavy atom. The lowest BCUT2D eigenvalue weighted by molar-refractivity contribution is -0.128. The van der Waals surface area contributed by atoms with E-state index < -0.39 is 0 Å². The van der Waals surface area contributed by atoms with Gasteiger partial charge in [0.15, 0.2) is 0 Å². The van der Waals surface area contributed by atoms with E-state index in [1.165, 1.54) is 4.68 Å². The molecule has 0 atom stereocenters.